The number of hydrogen-bond acceptors (Lipinski definition) is 3. The van der Waals surface area contributed by atoms with Gasteiger partial charge in [0.2, 0.25) is 0 Å². The Morgan fingerprint density at radius 3 is 2.33 bits per heavy atom. The van der Waals surface area contributed by atoms with Crippen molar-refractivity contribution in [3.63, 3.8) is 0 Å². The van der Waals surface area contributed by atoms with Crippen molar-refractivity contribution >= 4 is 15.9 Å². The summed E-state index contributed by atoms with van der Waals surface area (Å²) in [6, 6.07) is 7.30. The number of ether oxygens (including phenoxy) is 2. The first-order chi connectivity index (χ1) is 10.0. The second-order valence-electron chi connectivity index (χ2n) is 4.33. The molecule has 0 aromatic heterocycles. The summed E-state index contributed by atoms with van der Waals surface area (Å²) in [6.07, 6.45) is 0.403. The van der Waals surface area contributed by atoms with Gasteiger partial charge in [0.05, 0.1) is 11.6 Å². The summed E-state index contributed by atoms with van der Waals surface area (Å²) in [7, 11) is 1.53. The standard InChI is InChI=1S/C15H14BrF2NO2/c1-20-10-2-3-14(11(16)8-10)21-15-12(17)6-9(4-5-19)7-13(15)18/h2-3,6-8H,4-5,19H2,1H3. The summed E-state index contributed by atoms with van der Waals surface area (Å²) in [6.45, 7) is 0.323. The van der Waals surface area contributed by atoms with Crippen LogP contribution in [0.2, 0.25) is 0 Å². The van der Waals surface area contributed by atoms with Crippen LogP contribution in [0, 0.1) is 11.6 Å². The van der Waals surface area contributed by atoms with Crippen LogP contribution in [0.25, 0.3) is 0 Å². The van der Waals surface area contributed by atoms with Gasteiger partial charge in [0.1, 0.15) is 11.5 Å². The average Bonchev–Trinajstić information content (AvgIpc) is 2.44. The molecule has 0 aliphatic carbocycles. The van der Waals surface area contributed by atoms with Crippen LogP contribution in [0.1, 0.15) is 5.56 Å². The second-order valence-corrected chi connectivity index (χ2v) is 5.18. The van der Waals surface area contributed by atoms with Crippen LogP contribution in [0.3, 0.4) is 0 Å². The van der Waals surface area contributed by atoms with Gasteiger partial charge in [-0.2, -0.15) is 0 Å². The highest BCUT2D eigenvalue weighted by atomic mass is 79.9. The summed E-state index contributed by atoms with van der Waals surface area (Å²) in [4.78, 5) is 0. The third-order valence-corrected chi connectivity index (χ3v) is 3.46. The van der Waals surface area contributed by atoms with Gasteiger partial charge in [-0.1, -0.05) is 0 Å². The molecule has 0 spiro atoms. The Bertz CT molecular complexity index is 627. The molecule has 2 N–H and O–H groups in total. The van der Waals surface area contributed by atoms with Crippen LogP contribution in [0.4, 0.5) is 8.78 Å². The maximum Gasteiger partial charge on any atom is 0.198 e. The Balaban J connectivity index is 2.31. The monoisotopic (exact) mass is 357 g/mol. The zero-order chi connectivity index (χ0) is 15.4. The lowest BCUT2D eigenvalue weighted by Gasteiger charge is -2.11. The fraction of sp³-hybridized carbons (Fsp3) is 0.200. The maximum atomic E-state index is 14.0. The molecule has 0 amide bonds. The van der Waals surface area contributed by atoms with E-state index in [2.05, 4.69) is 15.9 Å². The predicted octanol–water partition coefficient (Wildman–Crippen LogP) is 4.03. The van der Waals surface area contributed by atoms with Gasteiger partial charge < -0.3 is 15.2 Å². The number of halogens is 3. The zero-order valence-corrected chi connectivity index (χ0v) is 12.9. The molecule has 2 aromatic rings. The Kier molecular flexibility index (Phi) is 5.14. The number of benzene rings is 2. The van der Waals surface area contributed by atoms with Crippen LogP contribution in [0.5, 0.6) is 17.2 Å². The normalized spacial score (nSPS) is 10.5. The number of methoxy groups -OCH3 is 1. The van der Waals surface area contributed by atoms with E-state index in [4.69, 9.17) is 15.2 Å². The van der Waals surface area contributed by atoms with E-state index in [0.717, 1.165) is 0 Å². The Hall–Kier alpha value is -1.66. The largest absolute Gasteiger partial charge is 0.497 e. The highest BCUT2D eigenvalue weighted by molar-refractivity contribution is 9.10. The van der Waals surface area contributed by atoms with Crippen molar-refractivity contribution < 1.29 is 18.3 Å². The quantitative estimate of drug-likeness (QED) is 0.878. The van der Waals surface area contributed by atoms with Gasteiger partial charge in [-0.05, 0) is 64.8 Å². The molecule has 0 saturated carbocycles. The van der Waals surface area contributed by atoms with Crippen LogP contribution in [-0.4, -0.2) is 13.7 Å². The lowest BCUT2D eigenvalue weighted by Crippen LogP contribution is -2.04. The van der Waals surface area contributed by atoms with Gasteiger partial charge in [0, 0.05) is 0 Å². The van der Waals surface area contributed by atoms with Crippen LogP contribution < -0.4 is 15.2 Å². The molecule has 0 fully saturated rings. The Morgan fingerprint density at radius 1 is 1.14 bits per heavy atom. The number of nitrogens with two attached hydrogens (primary N) is 1. The Morgan fingerprint density at radius 2 is 1.81 bits per heavy atom. The molecular weight excluding hydrogens is 344 g/mol. The molecule has 0 radical (unpaired) electrons. The molecule has 21 heavy (non-hydrogen) atoms. The number of rotatable bonds is 5. The molecule has 0 atom stereocenters. The minimum Gasteiger partial charge on any atom is -0.497 e. The maximum absolute atomic E-state index is 14.0. The minimum atomic E-state index is -0.763. The Labute approximate surface area is 129 Å². The number of hydrogen-bond donors (Lipinski definition) is 1. The van der Waals surface area contributed by atoms with Gasteiger partial charge in [0.25, 0.3) is 0 Å². The van der Waals surface area contributed by atoms with Crippen LogP contribution >= 0.6 is 15.9 Å². The third kappa shape index (κ3) is 3.71. The lowest BCUT2D eigenvalue weighted by molar-refractivity contribution is 0.398. The third-order valence-electron chi connectivity index (χ3n) is 2.84. The second kappa shape index (κ2) is 6.87. The van der Waals surface area contributed by atoms with Crippen molar-refractivity contribution in [2.45, 2.75) is 6.42 Å². The van der Waals surface area contributed by atoms with Gasteiger partial charge in [-0.25, -0.2) is 8.78 Å². The van der Waals surface area contributed by atoms with E-state index in [9.17, 15) is 8.78 Å². The van der Waals surface area contributed by atoms with E-state index in [1.165, 1.54) is 19.2 Å². The highest BCUT2D eigenvalue weighted by Crippen LogP contribution is 2.35. The van der Waals surface area contributed by atoms with Crippen LogP contribution in [0.15, 0.2) is 34.8 Å². The van der Waals surface area contributed by atoms with Gasteiger partial charge in [-0.15, -0.1) is 0 Å². The summed E-state index contributed by atoms with van der Waals surface area (Å²) < 4.78 is 38.8. The first-order valence-corrected chi connectivity index (χ1v) is 7.04. The van der Waals surface area contributed by atoms with Crippen molar-refractivity contribution in [3.05, 3.63) is 52.0 Å². The van der Waals surface area contributed by atoms with Gasteiger partial charge in [0.15, 0.2) is 17.4 Å². The van der Waals surface area contributed by atoms with E-state index in [0.29, 0.717) is 34.5 Å². The van der Waals surface area contributed by atoms with Crippen molar-refractivity contribution in [3.8, 4) is 17.2 Å². The highest BCUT2D eigenvalue weighted by Gasteiger charge is 2.15. The van der Waals surface area contributed by atoms with Gasteiger partial charge >= 0.3 is 0 Å². The summed E-state index contributed by atoms with van der Waals surface area (Å²) in [5.74, 6) is -1.07. The first-order valence-electron chi connectivity index (χ1n) is 6.24. The fourth-order valence-corrected chi connectivity index (χ4v) is 2.26. The predicted molar refractivity (Wildman–Crippen MR) is 79.9 cm³/mol. The summed E-state index contributed by atoms with van der Waals surface area (Å²) in [5.41, 5.74) is 5.87. The average molecular weight is 358 g/mol. The first kappa shape index (κ1) is 15.7. The molecule has 2 rings (SSSR count). The molecule has 2 aromatic carbocycles. The molecule has 0 saturated heterocycles. The fourth-order valence-electron chi connectivity index (χ4n) is 1.82. The van der Waals surface area contributed by atoms with Crippen LogP contribution in [-0.2, 0) is 6.42 Å². The molecule has 0 unspecified atom stereocenters. The molecule has 112 valence electrons. The molecule has 0 heterocycles. The smallest absolute Gasteiger partial charge is 0.198 e. The van der Waals surface area contributed by atoms with Crippen molar-refractivity contribution in [1.29, 1.82) is 0 Å². The van der Waals surface area contributed by atoms with E-state index in [-0.39, 0.29) is 0 Å². The summed E-state index contributed by atoms with van der Waals surface area (Å²) >= 11 is 3.27. The minimum absolute atomic E-state index is 0.292. The molecule has 0 aliphatic heterocycles. The van der Waals surface area contributed by atoms with E-state index in [1.807, 2.05) is 0 Å². The molecule has 6 heteroatoms. The topological polar surface area (TPSA) is 44.5 Å². The SMILES string of the molecule is COc1ccc(Oc2c(F)cc(CCN)cc2F)c(Br)c1. The van der Waals surface area contributed by atoms with Gasteiger partial charge in [-0.3, -0.25) is 0 Å². The lowest BCUT2D eigenvalue weighted by atomic mass is 10.1. The summed E-state index contributed by atoms with van der Waals surface area (Å²) in [5, 5.41) is 0. The molecule has 3 nitrogen and oxygen atoms in total. The molecular formula is C15H14BrF2NO2. The van der Waals surface area contributed by atoms with E-state index < -0.39 is 17.4 Å². The molecule has 0 aliphatic rings. The van der Waals surface area contributed by atoms with Crippen molar-refractivity contribution in [1.82, 2.24) is 0 Å². The van der Waals surface area contributed by atoms with E-state index in [1.54, 1.807) is 18.2 Å². The zero-order valence-electron chi connectivity index (χ0n) is 11.3. The van der Waals surface area contributed by atoms with E-state index >= 15 is 0 Å². The molecule has 0 bridgehead atoms. The van der Waals surface area contributed by atoms with Crippen molar-refractivity contribution in [2.75, 3.05) is 13.7 Å². The van der Waals surface area contributed by atoms with Crippen molar-refractivity contribution in [2.24, 2.45) is 5.73 Å².